The standard InChI is InChI=1S/C18H23N3OS.HI/c1-19-18(20-13-12-16-8-4-2-5-9-16)21-14-15-23(22)17-10-6-3-7-11-17;/h2-11H,12-15H2,1H3,(H2,19,20,21);1H. The van der Waals surface area contributed by atoms with Crippen LogP contribution < -0.4 is 10.6 Å². The molecule has 2 rings (SSSR count). The zero-order valence-corrected chi connectivity index (χ0v) is 16.9. The van der Waals surface area contributed by atoms with Crippen LogP contribution in [-0.4, -0.2) is 36.1 Å². The van der Waals surface area contributed by atoms with Gasteiger partial charge in [0.15, 0.2) is 5.96 Å². The maximum absolute atomic E-state index is 12.1. The van der Waals surface area contributed by atoms with Crippen molar-refractivity contribution in [3.8, 4) is 0 Å². The average Bonchev–Trinajstić information content (AvgIpc) is 2.62. The highest BCUT2D eigenvalue weighted by Gasteiger charge is 2.03. The normalized spacial score (nSPS) is 12.1. The minimum absolute atomic E-state index is 0. The van der Waals surface area contributed by atoms with E-state index in [4.69, 9.17) is 0 Å². The Morgan fingerprint density at radius 2 is 1.54 bits per heavy atom. The van der Waals surface area contributed by atoms with Crippen LogP contribution >= 0.6 is 24.0 Å². The molecule has 0 saturated carbocycles. The third-order valence-corrected chi connectivity index (χ3v) is 4.73. The largest absolute Gasteiger partial charge is 0.356 e. The number of guanidine groups is 1. The molecule has 0 aliphatic carbocycles. The van der Waals surface area contributed by atoms with Crippen molar-refractivity contribution >= 4 is 40.7 Å². The van der Waals surface area contributed by atoms with Gasteiger partial charge in [0, 0.05) is 30.8 Å². The van der Waals surface area contributed by atoms with E-state index in [1.165, 1.54) is 5.56 Å². The summed E-state index contributed by atoms with van der Waals surface area (Å²) in [5, 5.41) is 6.47. The summed E-state index contributed by atoms with van der Waals surface area (Å²) in [7, 11) is 0.760. The summed E-state index contributed by atoms with van der Waals surface area (Å²) in [5.41, 5.74) is 1.29. The maximum Gasteiger partial charge on any atom is 0.191 e. The predicted molar refractivity (Wildman–Crippen MR) is 113 cm³/mol. The first kappa shape index (κ1) is 20.6. The molecular formula is C18H24IN3OS. The van der Waals surface area contributed by atoms with Gasteiger partial charge in [0.05, 0.1) is 10.8 Å². The van der Waals surface area contributed by atoms with Crippen molar-refractivity contribution in [3.05, 3.63) is 66.2 Å². The number of rotatable bonds is 7. The maximum atomic E-state index is 12.1. The van der Waals surface area contributed by atoms with Crippen LogP contribution in [0.5, 0.6) is 0 Å². The number of aliphatic imine (C=N–C) groups is 1. The number of hydrogen-bond donors (Lipinski definition) is 2. The van der Waals surface area contributed by atoms with E-state index in [-0.39, 0.29) is 24.0 Å². The van der Waals surface area contributed by atoms with Crippen LogP contribution in [-0.2, 0) is 17.2 Å². The second kappa shape index (κ2) is 12.0. The van der Waals surface area contributed by atoms with Crippen molar-refractivity contribution in [2.24, 2.45) is 4.99 Å². The van der Waals surface area contributed by atoms with Gasteiger partial charge in [-0.15, -0.1) is 24.0 Å². The topological polar surface area (TPSA) is 53.5 Å². The highest BCUT2D eigenvalue weighted by atomic mass is 127. The lowest BCUT2D eigenvalue weighted by atomic mass is 10.1. The van der Waals surface area contributed by atoms with Gasteiger partial charge >= 0.3 is 0 Å². The fraction of sp³-hybridized carbons (Fsp3) is 0.278. The van der Waals surface area contributed by atoms with Crippen LogP contribution in [0.1, 0.15) is 5.56 Å². The van der Waals surface area contributed by atoms with E-state index in [0.717, 1.165) is 23.8 Å². The second-order valence-corrected chi connectivity index (χ2v) is 6.59. The van der Waals surface area contributed by atoms with E-state index in [1.54, 1.807) is 7.05 Å². The van der Waals surface area contributed by atoms with Gasteiger partial charge in [-0.1, -0.05) is 48.5 Å². The van der Waals surface area contributed by atoms with Crippen molar-refractivity contribution in [2.45, 2.75) is 11.3 Å². The lowest BCUT2D eigenvalue weighted by molar-refractivity contribution is 0.681. The summed E-state index contributed by atoms with van der Waals surface area (Å²) in [6.07, 6.45) is 0.942. The van der Waals surface area contributed by atoms with Crippen LogP contribution in [0.2, 0.25) is 0 Å². The minimum Gasteiger partial charge on any atom is -0.356 e. The Kier molecular flexibility index (Phi) is 10.3. The smallest absolute Gasteiger partial charge is 0.191 e. The lowest BCUT2D eigenvalue weighted by Gasteiger charge is -2.11. The Morgan fingerprint density at radius 3 is 2.17 bits per heavy atom. The zero-order valence-electron chi connectivity index (χ0n) is 13.8. The van der Waals surface area contributed by atoms with Crippen LogP contribution in [0, 0.1) is 0 Å². The first-order valence-electron chi connectivity index (χ1n) is 7.71. The van der Waals surface area contributed by atoms with E-state index in [1.807, 2.05) is 48.5 Å². The Hall–Kier alpha value is -1.41. The fourth-order valence-corrected chi connectivity index (χ4v) is 3.13. The first-order chi connectivity index (χ1) is 11.3. The van der Waals surface area contributed by atoms with Crippen LogP contribution in [0.3, 0.4) is 0 Å². The van der Waals surface area contributed by atoms with Crippen molar-refractivity contribution in [2.75, 3.05) is 25.9 Å². The zero-order chi connectivity index (χ0) is 16.3. The van der Waals surface area contributed by atoms with Gasteiger partial charge in [-0.25, -0.2) is 0 Å². The first-order valence-corrected chi connectivity index (χ1v) is 9.03. The molecule has 0 bridgehead atoms. The highest BCUT2D eigenvalue weighted by molar-refractivity contribution is 14.0. The molecule has 2 N–H and O–H groups in total. The molecule has 0 amide bonds. The molecule has 2 aromatic carbocycles. The minimum atomic E-state index is -0.983. The molecule has 0 spiro atoms. The molecule has 6 heteroatoms. The van der Waals surface area contributed by atoms with E-state index < -0.39 is 10.8 Å². The van der Waals surface area contributed by atoms with Crippen molar-refractivity contribution in [1.82, 2.24) is 10.6 Å². The molecule has 1 atom stereocenters. The van der Waals surface area contributed by atoms with Gasteiger partial charge in [0.25, 0.3) is 0 Å². The molecule has 0 aliphatic heterocycles. The molecule has 0 saturated heterocycles. The third kappa shape index (κ3) is 7.44. The summed E-state index contributed by atoms with van der Waals surface area (Å²) < 4.78 is 12.1. The molecule has 1 unspecified atom stereocenters. The molecule has 0 heterocycles. The number of hydrogen-bond acceptors (Lipinski definition) is 2. The molecule has 0 fully saturated rings. The Bertz CT molecular complexity index is 635. The number of benzene rings is 2. The van der Waals surface area contributed by atoms with E-state index >= 15 is 0 Å². The summed E-state index contributed by atoms with van der Waals surface area (Å²) >= 11 is 0. The molecule has 4 nitrogen and oxygen atoms in total. The molecule has 130 valence electrons. The molecule has 2 aromatic rings. The van der Waals surface area contributed by atoms with E-state index in [9.17, 15) is 4.21 Å². The van der Waals surface area contributed by atoms with Gasteiger partial charge in [-0.2, -0.15) is 0 Å². The summed E-state index contributed by atoms with van der Waals surface area (Å²) in [4.78, 5) is 5.05. The number of nitrogens with zero attached hydrogens (tertiary/aromatic N) is 1. The number of nitrogens with one attached hydrogen (secondary N) is 2. The van der Waals surface area contributed by atoms with E-state index in [0.29, 0.717) is 12.3 Å². The van der Waals surface area contributed by atoms with Crippen molar-refractivity contribution < 1.29 is 4.21 Å². The number of halogens is 1. The molecular weight excluding hydrogens is 433 g/mol. The monoisotopic (exact) mass is 457 g/mol. The Morgan fingerprint density at radius 1 is 0.958 bits per heavy atom. The summed E-state index contributed by atoms with van der Waals surface area (Å²) in [5.74, 6) is 1.30. The SMILES string of the molecule is CN=C(NCCc1ccccc1)NCCS(=O)c1ccccc1.I. The quantitative estimate of drug-likeness (QED) is 0.382. The van der Waals surface area contributed by atoms with Gasteiger partial charge in [0.2, 0.25) is 0 Å². The Labute approximate surface area is 163 Å². The Balaban J connectivity index is 0.00000288. The van der Waals surface area contributed by atoms with Crippen molar-refractivity contribution in [1.29, 1.82) is 0 Å². The van der Waals surface area contributed by atoms with Crippen LogP contribution in [0.15, 0.2) is 70.6 Å². The van der Waals surface area contributed by atoms with E-state index in [2.05, 4.69) is 27.8 Å². The average molecular weight is 457 g/mol. The van der Waals surface area contributed by atoms with Gasteiger partial charge in [-0.05, 0) is 24.1 Å². The summed E-state index contributed by atoms with van der Waals surface area (Å²) in [6, 6.07) is 19.9. The second-order valence-electron chi connectivity index (χ2n) is 5.02. The van der Waals surface area contributed by atoms with Crippen molar-refractivity contribution in [3.63, 3.8) is 0 Å². The summed E-state index contributed by atoms with van der Waals surface area (Å²) in [6.45, 7) is 1.43. The fourth-order valence-electron chi connectivity index (χ4n) is 2.14. The molecule has 0 aromatic heterocycles. The van der Waals surface area contributed by atoms with Gasteiger partial charge < -0.3 is 10.6 Å². The third-order valence-electron chi connectivity index (χ3n) is 3.36. The molecule has 0 radical (unpaired) electrons. The highest BCUT2D eigenvalue weighted by Crippen LogP contribution is 2.04. The van der Waals surface area contributed by atoms with Gasteiger partial charge in [0.1, 0.15) is 0 Å². The predicted octanol–water partition coefficient (Wildman–Crippen LogP) is 2.82. The van der Waals surface area contributed by atoms with Crippen LogP contribution in [0.4, 0.5) is 0 Å². The van der Waals surface area contributed by atoms with Crippen LogP contribution in [0.25, 0.3) is 0 Å². The van der Waals surface area contributed by atoms with Gasteiger partial charge in [-0.3, -0.25) is 9.20 Å². The lowest BCUT2D eigenvalue weighted by Crippen LogP contribution is -2.40. The molecule has 0 aliphatic rings. The molecule has 24 heavy (non-hydrogen) atoms.